The van der Waals surface area contributed by atoms with Gasteiger partial charge < -0.3 is 20.8 Å². The van der Waals surface area contributed by atoms with Gasteiger partial charge in [0.05, 0.1) is 13.0 Å². The number of H-pyrrole nitrogens is 1. The van der Waals surface area contributed by atoms with Gasteiger partial charge in [0.15, 0.2) is 0 Å². The summed E-state index contributed by atoms with van der Waals surface area (Å²) in [5.74, 6) is 0.578. The van der Waals surface area contributed by atoms with Crippen LogP contribution < -0.4 is 15.8 Å². The van der Waals surface area contributed by atoms with Gasteiger partial charge in [0.2, 0.25) is 5.91 Å². The summed E-state index contributed by atoms with van der Waals surface area (Å²) in [6.45, 7) is 0.763. The molecule has 1 aromatic heterocycles. The van der Waals surface area contributed by atoms with Gasteiger partial charge in [-0.25, -0.2) is 0 Å². The molecule has 6 heteroatoms. The zero-order valence-electron chi connectivity index (χ0n) is 13.7. The fraction of sp³-hybridized carbons (Fsp3) is 0.158. The number of hydrogen-bond acceptors (Lipinski definition) is 3. The smallest absolute Gasteiger partial charge is 0.224 e. The van der Waals surface area contributed by atoms with Crippen molar-refractivity contribution in [2.24, 2.45) is 5.73 Å². The van der Waals surface area contributed by atoms with Crippen molar-refractivity contribution in [2.45, 2.75) is 6.42 Å². The lowest BCUT2D eigenvalue weighted by molar-refractivity contribution is -0.120. The third-order valence-electron chi connectivity index (χ3n) is 3.82. The minimum absolute atomic E-state index is 0.00172. The van der Waals surface area contributed by atoms with Crippen LogP contribution in [0.5, 0.6) is 5.75 Å². The fourth-order valence-electron chi connectivity index (χ4n) is 2.57. The number of fused-ring (bicyclic) bond motifs is 1. The van der Waals surface area contributed by atoms with Crippen molar-refractivity contribution in [1.29, 1.82) is 5.41 Å². The van der Waals surface area contributed by atoms with Crippen LogP contribution in [0, 0.1) is 5.41 Å². The van der Waals surface area contributed by atoms with E-state index in [9.17, 15) is 4.79 Å². The first kappa shape index (κ1) is 16.6. The molecule has 0 saturated heterocycles. The number of hydrogen-bond donors (Lipinski definition) is 4. The van der Waals surface area contributed by atoms with E-state index >= 15 is 0 Å². The topological polar surface area (TPSA) is 104 Å². The highest BCUT2D eigenvalue weighted by Gasteiger charge is 2.05. The predicted octanol–water partition coefficient (Wildman–Crippen LogP) is 2.19. The molecule has 6 nitrogen and oxygen atoms in total. The van der Waals surface area contributed by atoms with E-state index in [0.29, 0.717) is 30.9 Å². The molecule has 3 aromatic rings. The molecule has 0 fully saturated rings. The normalized spacial score (nSPS) is 10.6. The summed E-state index contributed by atoms with van der Waals surface area (Å²) in [7, 11) is 0. The molecule has 0 radical (unpaired) electrons. The van der Waals surface area contributed by atoms with Crippen LogP contribution in [0.2, 0.25) is 0 Å². The van der Waals surface area contributed by atoms with Crippen LogP contribution >= 0.6 is 0 Å². The molecule has 1 heterocycles. The van der Waals surface area contributed by atoms with Crippen LogP contribution in [0.4, 0.5) is 0 Å². The van der Waals surface area contributed by atoms with Crippen LogP contribution in [0.1, 0.15) is 11.1 Å². The molecule has 0 atom stereocenters. The summed E-state index contributed by atoms with van der Waals surface area (Å²) < 4.78 is 5.57. The summed E-state index contributed by atoms with van der Waals surface area (Å²) >= 11 is 0. The van der Waals surface area contributed by atoms with Gasteiger partial charge >= 0.3 is 0 Å². The molecule has 0 bridgehead atoms. The van der Waals surface area contributed by atoms with Gasteiger partial charge in [-0.1, -0.05) is 18.2 Å². The van der Waals surface area contributed by atoms with Crippen molar-refractivity contribution in [1.82, 2.24) is 10.3 Å². The lowest BCUT2D eigenvalue weighted by Crippen LogP contribution is -2.29. The predicted molar refractivity (Wildman–Crippen MR) is 98.0 cm³/mol. The molecule has 0 saturated carbocycles. The second-order valence-electron chi connectivity index (χ2n) is 5.72. The molecule has 2 aromatic carbocycles. The standard InChI is InChI=1S/C19H20N4O2/c20-19(21)15-2-1-3-16(12-15)25-9-8-23-18(24)11-13-4-5-17-14(10-13)6-7-22-17/h1-7,10,12,22H,8-9,11H2,(H3,20,21)(H,23,24). The first-order valence-corrected chi connectivity index (χ1v) is 8.02. The Labute approximate surface area is 145 Å². The number of carbonyl (C=O) groups excluding carboxylic acids is 1. The molecule has 3 rings (SSSR count). The molecule has 25 heavy (non-hydrogen) atoms. The summed E-state index contributed by atoms with van der Waals surface area (Å²) in [5.41, 5.74) is 8.09. The van der Waals surface area contributed by atoms with E-state index in [4.69, 9.17) is 15.9 Å². The first-order valence-electron chi connectivity index (χ1n) is 8.02. The van der Waals surface area contributed by atoms with Gasteiger partial charge in [0.25, 0.3) is 0 Å². The number of aromatic nitrogens is 1. The highest BCUT2D eigenvalue weighted by molar-refractivity contribution is 5.95. The van der Waals surface area contributed by atoms with Crippen molar-refractivity contribution in [3.63, 3.8) is 0 Å². The van der Waals surface area contributed by atoms with Crippen molar-refractivity contribution < 1.29 is 9.53 Å². The van der Waals surface area contributed by atoms with Crippen LogP contribution in [0.25, 0.3) is 10.9 Å². The Morgan fingerprint density at radius 1 is 1.20 bits per heavy atom. The molecule has 5 N–H and O–H groups in total. The molecule has 0 aliphatic carbocycles. The van der Waals surface area contributed by atoms with Crippen molar-refractivity contribution in [2.75, 3.05) is 13.2 Å². The number of nitrogens with one attached hydrogen (secondary N) is 3. The Balaban J connectivity index is 1.44. The van der Waals surface area contributed by atoms with Crippen LogP contribution in [-0.2, 0) is 11.2 Å². The Hall–Kier alpha value is -3.28. The number of aromatic amines is 1. The van der Waals surface area contributed by atoms with Gasteiger partial charge in [-0.15, -0.1) is 0 Å². The largest absolute Gasteiger partial charge is 0.492 e. The Morgan fingerprint density at radius 2 is 2.08 bits per heavy atom. The fourth-order valence-corrected chi connectivity index (χ4v) is 2.57. The van der Waals surface area contributed by atoms with Crippen LogP contribution in [-0.4, -0.2) is 29.9 Å². The van der Waals surface area contributed by atoms with Crippen LogP contribution in [0.15, 0.2) is 54.7 Å². The summed E-state index contributed by atoms with van der Waals surface area (Å²) in [6.07, 6.45) is 2.22. The number of ether oxygens (including phenoxy) is 1. The zero-order valence-corrected chi connectivity index (χ0v) is 13.7. The number of amides is 1. The van der Waals surface area contributed by atoms with Gasteiger partial charge in [-0.3, -0.25) is 10.2 Å². The second-order valence-corrected chi connectivity index (χ2v) is 5.72. The SMILES string of the molecule is N=C(N)c1cccc(OCCNC(=O)Cc2ccc3[nH]ccc3c2)c1. The van der Waals surface area contributed by atoms with E-state index in [-0.39, 0.29) is 11.7 Å². The maximum atomic E-state index is 12.0. The monoisotopic (exact) mass is 336 g/mol. The van der Waals surface area contributed by atoms with Gasteiger partial charge in [-0.2, -0.15) is 0 Å². The molecule has 128 valence electrons. The van der Waals surface area contributed by atoms with Crippen molar-refractivity contribution in [3.05, 3.63) is 65.9 Å². The summed E-state index contributed by atoms with van der Waals surface area (Å²) in [5, 5.41) is 11.3. The van der Waals surface area contributed by atoms with E-state index in [1.54, 1.807) is 24.3 Å². The van der Waals surface area contributed by atoms with E-state index < -0.39 is 0 Å². The number of benzene rings is 2. The molecular weight excluding hydrogens is 316 g/mol. The van der Waals surface area contributed by atoms with E-state index in [1.807, 2.05) is 30.5 Å². The number of carbonyl (C=O) groups is 1. The minimum atomic E-state index is -0.0454. The second kappa shape index (κ2) is 7.53. The lowest BCUT2D eigenvalue weighted by Gasteiger charge is -2.09. The third kappa shape index (κ3) is 4.38. The van der Waals surface area contributed by atoms with Crippen molar-refractivity contribution >= 4 is 22.6 Å². The minimum Gasteiger partial charge on any atom is -0.492 e. The first-order chi connectivity index (χ1) is 12.1. The maximum Gasteiger partial charge on any atom is 0.224 e. The zero-order chi connectivity index (χ0) is 17.6. The van der Waals surface area contributed by atoms with E-state index in [2.05, 4.69) is 10.3 Å². The molecule has 0 aliphatic heterocycles. The Morgan fingerprint density at radius 3 is 2.92 bits per heavy atom. The van der Waals surface area contributed by atoms with Crippen LogP contribution in [0.3, 0.4) is 0 Å². The average molecular weight is 336 g/mol. The molecule has 0 unspecified atom stereocenters. The summed E-state index contributed by atoms with van der Waals surface area (Å²) in [6, 6.07) is 14.9. The molecule has 0 spiro atoms. The van der Waals surface area contributed by atoms with Gasteiger partial charge in [-0.05, 0) is 41.3 Å². The number of nitrogen functional groups attached to an aromatic ring is 1. The maximum absolute atomic E-state index is 12.0. The number of nitrogens with two attached hydrogens (primary N) is 1. The number of amidine groups is 1. The third-order valence-corrected chi connectivity index (χ3v) is 3.82. The highest BCUT2D eigenvalue weighted by Crippen LogP contribution is 2.15. The summed E-state index contributed by atoms with van der Waals surface area (Å²) in [4.78, 5) is 15.2. The quantitative estimate of drug-likeness (QED) is 0.302. The molecular formula is C19H20N4O2. The van der Waals surface area contributed by atoms with Gasteiger partial charge in [0, 0.05) is 17.3 Å². The Bertz CT molecular complexity index is 901. The number of rotatable bonds is 7. The highest BCUT2D eigenvalue weighted by atomic mass is 16.5. The Kier molecular flexibility index (Phi) is 4.99. The lowest BCUT2D eigenvalue weighted by atomic mass is 10.1. The van der Waals surface area contributed by atoms with Gasteiger partial charge in [0.1, 0.15) is 18.2 Å². The van der Waals surface area contributed by atoms with E-state index in [0.717, 1.165) is 16.5 Å². The molecule has 1 amide bonds. The average Bonchev–Trinajstić information content (AvgIpc) is 3.07. The van der Waals surface area contributed by atoms with Crippen molar-refractivity contribution in [3.8, 4) is 5.75 Å². The molecule has 0 aliphatic rings. The van der Waals surface area contributed by atoms with E-state index in [1.165, 1.54) is 0 Å².